The molecule has 10 heteroatoms. The number of carbonyl (C=O) groups is 4. The highest BCUT2D eigenvalue weighted by atomic mass is 16.6. The lowest BCUT2D eigenvalue weighted by Gasteiger charge is -2.27. The number of carbonyl (C=O) groups excluding carboxylic acids is 4. The number of nitrogens with one attached hydrogen (secondary N) is 3. The number of benzene rings is 3. The number of amides is 4. The maximum Gasteiger partial charge on any atom is 0.408 e. The van der Waals surface area contributed by atoms with E-state index in [1.54, 1.807) is 32.9 Å². The van der Waals surface area contributed by atoms with Crippen LogP contribution in [0.1, 0.15) is 62.8 Å². The first-order valence-electron chi connectivity index (χ1n) is 14.5. The molecule has 44 heavy (non-hydrogen) atoms. The Morgan fingerprint density at radius 1 is 0.795 bits per heavy atom. The number of alkyl carbamates (subject to hydrolysis) is 2. The van der Waals surface area contributed by atoms with Crippen molar-refractivity contribution in [1.82, 2.24) is 16.0 Å². The molecule has 4 rings (SSSR count). The molecule has 0 saturated carbocycles. The number of nitrogens with two attached hydrogens (primary N) is 1. The molecule has 3 aromatic carbocycles. The molecule has 0 bridgehead atoms. The zero-order valence-corrected chi connectivity index (χ0v) is 25.7. The number of primary amides is 1. The van der Waals surface area contributed by atoms with Crippen LogP contribution in [0.15, 0.2) is 72.8 Å². The summed E-state index contributed by atoms with van der Waals surface area (Å²) in [6.45, 7) is 8.57. The van der Waals surface area contributed by atoms with Crippen LogP contribution in [0.3, 0.4) is 0 Å². The highest BCUT2D eigenvalue weighted by molar-refractivity contribution is 5.93. The molecule has 5 N–H and O–H groups in total. The van der Waals surface area contributed by atoms with Gasteiger partial charge in [0.25, 0.3) is 0 Å². The second kappa shape index (κ2) is 13.2. The Balaban J connectivity index is 1.34. The van der Waals surface area contributed by atoms with Gasteiger partial charge in [-0.15, -0.1) is 0 Å². The van der Waals surface area contributed by atoms with Crippen molar-refractivity contribution in [1.29, 1.82) is 0 Å². The van der Waals surface area contributed by atoms with E-state index in [0.29, 0.717) is 0 Å². The van der Waals surface area contributed by atoms with Crippen LogP contribution in [0.25, 0.3) is 11.1 Å². The lowest BCUT2D eigenvalue weighted by atomic mass is 9.98. The van der Waals surface area contributed by atoms with Gasteiger partial charge in [0.15, 0.2) is 0 Å². The van der Waals surface area contributed by atoms with E-state index in [9.17, 15) is 19.2 Å². The lowest BCUT2D eigenvalue weighted by Crippen LogP contribution is -2.59. The summed E-state index contributed by atoms with van der Waals surface area (Å²) in [4.78, 5) is 49.9. The lowest BCUT2D eigenvalue weighted by molar-refractivity contribution is -0.131. The maximum atomic E-state index is 13.1. The van der Waals surface area contributed by atoms with Gasteiger partial charge < -0.3 is 31.2 Å². The first kappa shape index (κ1) is 32.1. The van der Waals surface area contributed by atoms with Gasteiger partial charge in [0.2, 0.25) is 11.8 Å². The standard InChI is InChI=1S/C34H40N4O6/c1-33(2,3)44-32(42)37-28(29(39)38-34(4,5)30(35)40)18-21-14-16-22(17-15-21)19-36-31(41)43-20-27-25-12-8-6-10-23(25)24-11-7-9-13-26(24)27/h6-17,27-28H,18-20H2,1-5H3,(H2,35,40)(H,36,41)(H,37,42)(H,38,39)/t28-/m0/s1. The van der Waals surface area contributed by atoms with Crippen LogP contribution < -0.4 is 21.7 Å². The van der Waals surface area contributed by atoms with Crippen molar-refractivity contribution in [2.24, 2.45) is 5.73 Å². The van der Waals surface area contributed by atoms with Crippen LogP contribution in [0, 0.1) is 0 Å². The van der Waals surface area contributed by atoms with E-state index in [4.69, 9.17) is 15.2 Å². The monoisotopic (exact) mass is 600 g/mol. The first-order valence-corrected chi connectivity index (χ1v) is 14.5. The second-order valence-corrected chi connectivity index (χ2v) is 12.4. The van der Waals surface area contributed by atoms with Crippen molar-refractivity contribution in [2.75, 3.05) is 6.61 Å². The normalized spacial score (nSPS) is 13.2. The van der Waals surface area contributed by atoms with Gasteiger partial charge in [0, 0.05) is 18.9 Å². The van der Waals surface area contributed by atoms with Crippen molar-refractivity contribution < 1.29 is 28.7 Å². The Morgan fingerprint density at radius 2 is 1.34 bits per heavy atom. The summed E-state index contributed by atoms with van der Waals surface area (Å²) < 4.78 is 10.9. The third kappa shape index (κ3) is 8.15. The Bertz CT molecular complexity index is 1480. The molecule has 1 atom stereocenters. The number of rotatable bonds is 10. The third-order valence-corrected chi connectivity index (χ3v) is 7.30. The van der Waals surface area contributed by atoms with Gasteiger partial charge in [-0.05, 0) is 68.0 Å². The molecular weight excluding hydrogens is 560 g/mol. The number of hydrogen-bond donors (Lipinski definition) is 4. The summed E-state index contributed by atoms with van der Waals surface area (Å²) in [5, 5.41) is 7.97. The molecule has 0 saturated heterocycles. The van der Waals surface area contributed by atoms with Crippen molar-refractivity contribution in [3.8, 4) is 11.1 Å². The summed E-state index contributed by atoms with van der Waals surface area (Å²) in [5.74, 6) is -1.32. The van der Waals surface area contributed by atoms with Gasteiger partial charge >= 0.3 is 12.2 Å². The predicted molar refractivity (Wildman–Crippen MR) is 167 cm³/mol. The number of ether oxygens (including phenoxy) is 2. The fraction of sp³-hybridized carbons (Fsp3) is 0.353. The molecule has 4 amide bonds. The molecule has 0 radical (unpaired) electrons. The van der Waals surface area contributed by atoms with E-state index in [2.05, 4.69) is 40.2 Å². The molecule has 10 nitrogen and oxygen atoms in total. The van der Waals surface area contributed by atoms with E-state index in [-0.39, 0.29) is 25.5 Å². The quantitative estimate of drug-likeness (QED) is 0.269. The van der Waals surface area contributed by atoms with E-state index < -0.39 is 41.2 Å². The summed E-state index contributed by atoms with van der Waals surface area (Å²) >= 11 is 0. The van der Waals surface area contributed by atoms with Gasteiger partial charge in [-0.25, -0.2) is 9.59 Å². The molecule has 0 heterocycles. The zero-order valence-electron chi connectivity index (χ0n) is 25.7. The SMILES string of the molecule is CC(C)(C)OC(=O)N[C@@H](Cc1ccc(CNC(=O)OCC2c3ccccc3-c3ccccc32)cc1)C(=O)NC(C)(C)C(N)=O. The Kier molecular flexibility index (Phi) is 9.62. The van der Waals surface area contributed by atoms with E-state index in [1.807, 2.05) is 36.4 Å². The molecule has 0 spiro atoms. The van der Waals surface area contributed by atoms with Gasteiger partial charge in [-0.3, -0.25) is 9.59 Å². The topological polar surface area (TPSA) is 149 Å². The van der Waals surface area contributed by atoms with Crippen molar-refractivity contribution in [3.63, 3.8) is 0 Å². The molecule has 232 valence electrons. The number of hydrogen-bond acceptors (Lipinski definition) is 6. The van der Waals surface area contributed by atoms with E-state index in [0.717, 1.165) is 33.4 Å². The average molecular weight is 601 g/mol. The average Bonchev–Trinajstić information content (AvgIpc) is 3.27. The van der Waals surface area contributed by atoms with Gasteiger partial charge in [-0.2, -0.15) is 0 Å². The third-order valence-electron chi connectivity index (χ3n) is 7.30. The minimum absolute atomic E-state index is 0.0274. The van der Waals surface area contributed by atoms with Crippen LogP contribution in [0.2, 0.25) is 0 Å². The van der Waals surface area contributed by atoms with Gasteiger partial charge in [-0.1, -0.05) is 72.8 Å². The Labute approximate surface area is 257 Å². The summed E-state index contributed by atoms with van der Waals surface area (Å²) in [7, 11) is 0. The molecule has 0 unspecified atom stereocenters. The van der Waals surface area contributed by atoms with Crippen molar-refractivity contribution in [2.45, 2.75) is 70.7 Å². The molecule has 3 aromatic rings. The summed E-state index contributed by atoms with van der Waals surface area (Å²) in [6, 6.07) is 22.5. The van der Waals surface area contributed by atoms with Crippen molar-refractivity contribution >= 4 is 24.0 Å². The first-order chi connectivity index (χ1) is 20.7. The van der Waals surface area contributed by atoms with E-state index >= 15 is 0 Å². The summed E-state index contributed by atoms with van der Waals surface area (Å²) in [6.07, 6.45) is -1.16. The van der Waals surface area contributed by atoms with Crippen LogP contribution in [-0.2, 0) is 32.0 Å². The van der Waals surface area contributed by atoms with Crippen LogP contribution in [0.4, 0.5) is 9.59 Å². The maximum absolute atomic E-state index is 13.1. The molecule has 1 aliphatic carbocycles. The largest absolute Gasteiger partial charge is 0.449 e. The minimum Gasteiger partial charge on any atom is -0.449 e. The van der Waals surface area contributed by atoms with Gasteiger partial charge in [0.1, 0.15) is 23.8 Å². The molecule has 0 aliphatic heterocycles. The summed E-state index contributed by atoms with van der Waals surface area (Å²) in [5.41, 5.74) is 9.49. The zero-order chi connectivity index (χ0) is 32.1. The fourth-order valence-corrected chi connectivity index (χ4v) is 4.97. The highest BCUT2D eigenvalue weighted by Gasteiger charge is 2.32. The van der Waals surface area contributed by atoms with Crippen molar-refractivity contribution in [3.05, 3.63) is 95.1 Å². The fourth-order valence-electron chi connectivity index (χ4n) is 4.97. The Hall–Kier alpha value is -4.86. The second-order valence-electron chi connectivity index (χ2n) is 12.4. The molecule has 1 aliphatic rings. The smallest absolute Gasteiger partial charge is 0.408 e. The molecular formula is C34H40N4O6. The van der Waals surface area contributed by atoms with Gasteiger partial charge in [0.05, 0.1) is 0 Å². The molecule has 0 fully saturated rings. The van der Waals surface area contributed by atoms with E-state index in [1.165, 1.54) is 13.8 Å². The van der Waals surface area contributed by atoms with Crippen LogP contribution in [-0.4, -0.2) is 47.8 Å². The molecule has 0 aromatic heterocycles. The highest BCUT2D eigenvalue weighted by Crippen LogP contribution is 2.44. The predicted octanol–water partition coefficient (Wildman–Crippen LogP) is 4.54. The van der Waals surface area contributed by atoms with Crippen LogP contribution >= 0.6 is 0 Å². The Morgan fingerprint density at radius 3 is 1.89 bits per heavy atom. The minimum atomic E-state index is -1.32. The number of fused-ring (bicyclic) bond motifs is 3. The van der Waals surface area contributed by atoms with Crippen LogP contribution in [0.5, 0.6) is 0 Å².